The Balaban J connectivity index is 1.61. The lowest BCUT2D eigenvalue weighted by Crippen LogP contribution is -2.02. The Hall–Kier alpha value is -2.36. The second-order valence-electron chi connectivity index (χ2n) is 4.98. The summed E-state index contributed by atoms with van der Waals surface area (Å²) in [5.74, 6) is 0.867. The van der Waals surface area contributed by atoms with E-state index in [1.165, 1.54) is 23.8 Å². The Labute approximate surface area is 122 Å². The van der Waals surface area contributed by atoms with Gasteiger partial charge in [0, 0.05) is 24.5 Å². The molecule has 108 valence electrons. The van der Waals surface area contributed by atoms with E-state index in [2.05, 4.69) is 6.07 Å². The van der Waals surface area contributed by atoms with Crippen molar-refractivity contribution in [2.75, 3.05) is 13.2 Å². The van der Waals surface area contributed by atoms with E-state index >= 15 is 0 Å². The van der Waals surface area contributed by atoms with E-state index in [4.69, 9.17) is 9.47 Å². The lowest BCUT2D eigenvalue weighted by Gasteiger charge is -2.08. The minimum atomic E-state index is -0.468. The molecule has 0 aromatic heterocycles. The summed E-state index contributed by atoms with van der Waals surface area (Å²) in [6, 6.07) is 10.1. The normalized spacial score (nSPS) is 12.6. The second-order valence-corrected chi connectivity index (χ2v) is 4.98. The van der Waals surface area contributed by atoms with Gasteiger partial charge in [0.2, 0.25) is 0 Å². The van der Waals surface area contributed by atoms with Gasteiger partial charge in [-0.1, -0.05) is 12.1 Å². The zero-order valence-corrected chi connectivity index (χ0v) is 11.5. The van der Waals surface area contributed by atoms with Crippen LogP contribution in [0.5, 0.6) is 11.5 Å². The topological polar surface area (TPSA) is 35.5 Å². The van der Waals surface area contributed by atoms with Crippen LogP contribution in [-0.2, 0) is 12.8 Å². The molecule has 3 rings (SSSR count). The number of halogens is 1. The number of benzene rings is 2. The van der Waals surface area contributed by atoms with Crippen molar-refractivity contribution in [2.45, 2.75) is 12.8 Å². The molecule has 2 aromatic rings. The zero-order chi connectivity index (χ0) is 14.7. The van der Waals surface area contributed by atoms with Gasteiger partial charge in [-0.15, -0.1) is 0 Å². The maximum Gasteiger partial charge on any atom is 0.150 e. The van der Waals surface area contributed by atoms with Crippen LogP contribution >= 0.6 is 0 Å². The fourth-order valence-corrected chi connectivity index (χ4v) is 2.42. The van der Waals surface area contributed by atoms with E-state index in [1.54, 1.807) is 0 Å². The molecule has 1 aliphatic heterocycles. The molecule has 0 spiro atoms. The van der Waals surface area contributed by atoms with E-state index in [0.29, 0.717) is 18.6 Å². The number of hydrogen-bond acceptors (Lipinski definition) is 3. The van der Waals surface area contributed by atoms with E-state index in [9.17, 15) is 9.18 Å². The first-order chi connectivity index (χ1) is 10.2. The second kappa shape index (κ2) is 5.95. The van der Waals surface area contributed by atoms with Crippen molar-refractivity contribution < 1.29 is 18.7 Å². The molecule has 0 bridgehead atoms. The van der Waals surface area contributed by atoms with Crippen LogP contribution in [0.4, 0.5) is 4.39 Å². The third-order valence-corrected chi connectivity index (χ3v) is 3.44. The first kappa shape index (κ1) is 13.6. The lowest BCUT2D eigenvalue weighted by atomic mass is 10.1. The van der Waals surface area contributed by atoms with Crippen LogP contribution in [0.3, 0.4) is 0 Å². The van der Waals surface area contributed by atoms with Crippen LogP contribution in [-0.4, -0.2) is 19.5 Å². The van der Waals surface area contributed by atoms with Crippen molar-refractivity contribution >= 4 is 6.29 Å². The molecule has 4 heteroatoms. The largest absolute Gasteiger partial charge is 0.493 e. The fraction of sp³-hybridized carbons (Fsp3) is 0.235. The lowest BCUT2D eigenvalue weighted by molar-refractivity contribution is 0.112. The molecule has 0 unspecified atom stereocenters. The van der Waals surface area contributed by atoms with E-state index in [1.807, 2.05) is 12.1 Å². The molecule has 1 heterocycles. The first-order valence-electron chi connectivity index (χ1n) is 6.88. The maximum absolute atomic E-state index is 13.3. The SMILES string of the molecule is O=Cc1cc(F)cc(OCCc2ccc3c(c2)CCO3)c1. The first-order valence-corrected chi connectivity index (χ1v) is 6.88. The molecule has 21 heavy (non-hydrogen) atoms. The average Bonchev–Trinajstić information content (AvgIpc) is 2.94. The summed E-state index contributed by atoms with van der Waals surface area (Å²) in [7, 11) is 0. The van der Waals surface area contributed by atoms with Gasteiger partial charge < -0.3 is 9.47 Å². The number of carbonyl (C=O) groups is 1. The number of hydrogen-bond donors (Lipinski definition) is 0. The van der Waals surface area contributed by atoms with Crippen LogP contribution in [0, 0.1) is 5.82 Å². The van der Waals surface area contributed by atoms with Crippen molar-refractivity contribution in [3.05, 3.63) is 58.9 Å². The Morgan fingerprint density at radius 1 is 1.24 bits per heavy atom. The maximum atomic E-state index is 13.3. The molecule has 0 atom stereocenters. The van der Waals surface area contributed by atoms with Gasteiger partial charge in [0.05, 0.1) is 13.2 Å². The molecule has 0 fully saturated rings. The van der Waals surface area contributed by atoms with Gasteiger partial charge in [-0.2, -0.15) is 0 Å². The number of rotatable bonds is 5. The molecule has 0 saturated carbocycles. The highest BCUT2D eigenvalue weighted by atomic mass is 19.1. The molecule has 2 aromatic carbocycles. The van der Waals surface area contributed by atoms with E-state index < -0.39 is 5.82 Å². The number of carbonyl (C=O) groups excluding carboxylic acids is 1. The Morgan fingerprint density at radius 2 is 2.14 bits per heavy atom. The monoisotopic (exact) mass is 286 g/mol. The molecule has 0 amide bonds. The van der Waals surface area contributed by atoms with E-state index in [0.717, 1.165) is 30.8 Å². The summed E-state index contributed by atoms with van der Waals surface area (Å²) in [6.07, 6.45) is 2.27. The third-order valence-electron chi connectivity index (χ3n) is 3.44. The van der Waals surface area contributed by atoms with E-state index in [-0.39, 0.29) is 5.56 Å². The molecule has 0 N–H and O–H groups in total. The molecule has 3 nitrogen and oxygen atoms in total. The predicted molar refractivity (Wildman–Crippen MR) is 76.6 cm³/mol. The summed E-state index contributed by atoms with van der Waals surface area (Å²) in [6.45, 7) is 1.18. The van der Waals surface area contributed by atoms with Crippen LogP contribution < -0.4 is 9.47 Å². The molecule has 1 aliphatic rings. The minimum absolute atomic E-state index is 0.277. The number of fused-ring (bicyclic) bond motifs is 1. The van der Waals surface area contributed by atoms with Crippen molar-refractivity contribution in [2.24, 2.45) is 0 Å². The fourth-order valence-electron chi connectivity index (χ4n) is 2.42. The predicted octanol–water partition coefficient (Wildman–Crippen LogP) is 3.19. The summed E-state index contributed by atoms with van der Waals surface area (Å²) in [5.41, 5.74) is 2.66. The average molecular weight is 286 g/mol. The molecule has 0 aliphatic carbocycles. The summed E-state index contributed by atoms with van der Waals surface area (Å²) in [4.78, 5) is 10.7. The quantitative estimate of drug-likeness (QED) is 0.792. The highest BCUT2D eigenvalue weighted by molar-refractivity contribution is 5.75. The van der Waals surface area contributed by atoms with Crippen molar-refractivity contribution in [1.82, 2.24) is 0 Å². The van der Waals surface area contributed by atoms with Gasteiger partial charge >= 0.3 is 0 Å². The summed E-state index contributed by atoms with van der Waals surface area (Å²) >= 11 is 0. The third kappa shape index (κ3) is 3.21. The Kier molecular flexibility index (Phi) is 3.86. The summed E-state index contributed by atoms with van der Waals surface area (Å²) < 4.78 is 24.2. The minimum Gasteiger partial charge on any atom is -0.493 e. The summed E-state index contributed by atoms with van der Waals surface area (Å²) in [5, 5.41) is 0. The van der Waals surface area contributed by atoms with Crippen LogP contribution in [0.1, 0.15) is 21.5 Å². The van der Waals surface area contributed by atoms with Crippen LogP contribution in [0.15, 0.2) is 36.4 Å². The molecular weight excluding hydrogens is 271 g/mol. The van der Waals surface area contributed by atoms with Crippen molar-refractivity contribution in [3.63, 3.8) is 0 Å². The standard InChI is InChI=1S/C17H15FO3/c18-15-8-13(11-19)9-16(10-15)20-5-3-12-1-2-17-14(7-12)4-6-21-17/h1-2,7-11H,3-6H2. The Morgan fingerprint density at radius 3 is 3.00 bits per heavy atom. The van der Waals surface area contributed by atoms with Crippen molar-refractivity contribution in [1.29, 1.82) is 0 Å². The highest BCUT2D eigenvalue weighted by Crippen LogP contribution is 2.26. The number of aldehydes is 1. The van der Waals surface area contributed by atoms with Gasteiger partial charge in [-0.25, -0.2) is 4.39 Å². The number of ether oxygens (including phenoxy) is 2. The smallest absolute Gasteiger partial charge is 0.150 e. The van der Waals surface area contributed by atoms with Gasteiger partial charge in [-0.3, -0.25) is 4.79 Å². The highest BCUT2D eigenvalue weighted by Gasteiger charge is 2.11. The van der Waals surface area contributed by atoms with Crippen molar-refractivity contribution in [3.8, 4) is 11.5 Å². The molecular formula is C17H15FO3. The van der Waals surface area contributed by atoms with Gasteiger partial charge in [0.1, 0.15) is 23.6 Å². The van der Waals surface area contributed by atoms with Gasteiger partial charge in [0.15, 0.2) is 0 Å². The van der Waals surface area contributed by atoms with Crippen LogP contribution in [0.2, 0.25) is 0 Å². The molecule has 0 saturated heterocycles. The van der Waals surface area contributed by atoms with Gasteiger partial charge in [0.25, 0.3) is 0 Å². The zero-order valence-electron chi connectivity index (χ0n) is 11.5. The molecule has 0 radical (unpaired) electrons. The van der Waals surface area contributed by atoms with Gasteiger partial charge in [-0.05, 0) is 29.3 Å². The van der Waals surface area contributed by atoms with Crippen LogP contribution in [0.25, 0.3) is 0 Å². The Bertz CT molecular complexity index is 667.